The number of anilines is 3. The van der Waals surface area contributed by atoms with Crippen LogP contribution in [-0.2, 0) is 9.47 Å². The largest absolute Gasteiger partial charge is 0.459 e. The van der Waals surface area contributed by atoms with E-state index >= 15 is 0 Å². The first-order valence-corrected chi connectivity index (χ1v) is 14.7. The highest BCUT2D eigenvalue weighted by atomic mass is 35.5. The van der Waals surface area contributed by atoms with Crippen molar-refractivity contribution < 1.29 is 23.9 Å². The number of nitrogen functional groups attached to an aromatic ring is 1. The van der Waals surface area contributed by atoms with E-state index in [2.05, 4.69) is 5.32 Å². The first kappa shape index (κ1) is 27.5. The van der Waals surface area contributed by atoms with Gasteiger partial charge < -0.3 is 20.5 Å². The third-order valence-corrected chi connectivity index (χ3v) is 9.02. The van der Waals surface area contributed by atoms with Crippen LogP contribution in [0.25, 0.3) is 0 Å². The van der Waals surface area contributed by atoms with Crippen LogP contribution in [0.3, 0.4) is 0 Å². The van der Waals surface area contributed by atoms with Crippen LogP contribution in [0, 0.1) is 11.8 Å². The molecule has 2 saturated carbocycles. The molecule has 3 aromatic carbocycles. The van der Waals surface area contributed by atoms with Gasteiger partial charge in [-0.05, 0) is 81.2 Å². The molecule has 3 N–H and O–H groups in total. The highest BCUT2D eigenvalue weighted by Crippen LogP contribution is 2.44. The molecule has 0 amide bonds. The normalized spacial score (nSPS) is 23.3. The van der Waals surface area contributed by atoms with E-state index in [4.69, 9.17) is 26.8 Å². The summed E-state index contributed by atoms with van der Waals surface area (Å²) in [6, 6.07) is 15.1. The number of fused-ring (bicyclic) bond motifs is 3. The van der Waals surface area contributed by atoms with E-state index in [1.807, 2.05) is 6.92 Å². The van der Waals surface area contributed by atoms with Gasteiger partial charge in [0.15, 0.2) is 11.6 Å². The smallest absolute Gasteiger partial charge is 0.340 e. The molecule has 8 heteroatoms. The third-order valence-electron chi connectivity index (χ3n) is 8.77. The summed E-state index contributed by atoms with van der Waals surface area (Å²) >= 11 is 6.06. The van der Waals surface area contributed by atoms with E-state index in [9.17, 15) is 14.4 Å². The predicted octanol–water partition coefficient (Wildman–Crippen LogP) is 6.97. The lowest BCUT2D eigenvalue weighted by Crippen LogP contribution is -2.41. The summed E-state index contributed by atoms with van der Waals surface area (Å²) in [4.78, 5) is 41.0. The number of benzene rings is 3. The number of nitrogens with two attached hydrogens (primary N) is 1. The minimum atomic E-state index is -0.593. The Balaban J connectivity index is 1.33. The topological polar surface area (TPSA) is 108 Å². The maximum atomic E-state index is 13.7. The Morgan fingerprint density at radius 3 is 2.39 bits per heavy atom. The summed E-state index contributed by atoms with van der Waals surface area (Å²) in [5.74, 6) is -0.384. The van der Waals surface area contributed by atoms with Gasteiger partial charge >= 0.3 is 5.97 Å². The molecule has 4 unspecified atom stereocenters. The lowest BCUT2D eigenvalue weighted by Gasteiger charge is -2.43. The van der Waals surface area contributed by atoms with Crippen LogP contribution in [0.2, 0.25) is 5.02 Å². The molecule has 3 aromatic rings. The first-order valence-electron chi connectivity index (χ1n) is 14.4. The zero-order chi connectivity index (χ0) is 28.7. The number of ether oxygens (including phenoxy) is 2. The molecule has 0 aromatic heterocycles. The van der Waals surface area contributed by atoms with Gasteiger partial charge in [0.25, 0.3) is 0 Å². The zero-order valence-corrected chi connectivity index (χ0v) is 23.7. The molecule has 212 valence electrons. The number of rotatable bonds is 6. The molecule has 0 bridgehead atoms. The Kier molecular flexibility index (Phi) is 7.58. The molecule has 7 nitrogen and oxygen atoms in total. The Bertz CT molecular complexity index is 1520. The van der Waals surface area contributed by atoms with Crippen molar-refractivity contribution in [2.45, 2.75) is 57.7 Å². The van der Waals surface area contributed by atoms with E-state index in [0.29, 0.717) is 40.4 Å². The number of hydrogen-bond donors (Lipinski definition) is 2. The second-order valence-corrected chi connectivity index (χ2v) is 11.6. The second kappa shape index (κ2) is 11.3. The Labute approximate surface area is 244 Å². The van der Waals surface area contributed by atoms with E-state index in [-0.39, 0.29) is 45.9 Å². The summed E-state index contributed by atoms with van der Waals surface area (Å²) in [5.41, 5.74) is 8.23. The van der Waals surface area contributed by atoms with Crippen molar-refractivity contribution in [3.63, 3.8) is 0 Å². The van der Waals surface area contributed by atoms with Gasteiger partial charge in [0, 0.05) is 28.4 Å². The quantitative estimate of drug-likeness (QED) is 0.190. The van der Waals surface area contributed by atoms with Crippen molar-refractivity contribution in [1.82, 2.24) is 0 Å². The number of nitrogens with one attached hydrogen (secondary N) is 1. The molecule has 4 atom stereocenters. The lowest BCUT2D eigenvalue weighted by atomic mass is 9.68. The van der Waals surface area contributed by atoms with E-state index in [1.165, 1.54) is 6.07 Å². The average Bonchev–Trinajstić information content (AvgIpc) is 2.98. The molecule has 0 aliphatic heterocycles. The molecule has 0 heterocycles. The van der Waals surface area contributed by atoms with Gasteiger partial charge in [0.05, 0.1) is 34.2 Å². The maximum absolute atomic E-state index is 13.7. The molecule has 6 rings (SSSR count). The van der Waals surface area contributed by atoms with Gasteiger partial charge in [0.1, 0.15) is 6.10 Å². The van der Waals surface area contributed by atoms with Gasteiger partial charge in [-0.1, -0.05) is 42.3 Å². The van der Waals surface area contributed by atoms with Crippen LogP contribution in [0.15, 0.2) is 54.6 Å². The summed E-state index contributed by atoms with van der Waals surface area (Å²) < 4.78 is 12.1. The second-order valence-electron chi connectivity index (χ2n) is 11.2. The van der Waals surface area contributed by atoms with Crippen LogP contribution in [0.5, 0.6) is 0 Å². The monoisotopic (exact) mass is 572 g/mol. The van der Waals surface area contributed by atoms with E-state index in [1.54, 1.807) is 48.5 Å². The highest BCUT2D eigenvalue weighted by Gasteiger charge is 2.40. The van der Waals surface area contributed by atoms with Gasteiger partial charge in [-0.3, -0.25) is 9.59 Å². The SMILES string of the molecule is CCOC1CCCC2CC(OC(=O)c3cc(Nc4ccc(Cl)cc4)c4c(c3N)C(=O)c3ccccc3C4=O)CCC21. The summed E-state index contributed by atoms with van der Waals surface area (Å²) in [6.07, 6.45) is 5.82. The lowest BCUT2D eigenvalue weighted by molar-refractivity contribution is -0.0665. The summed E-state index contributed by atoms with van der Waals surface area (Å²) in [5, 5.41) is 3.77. The Hall–Kier alpha value is -3.68. The number of carbonyl (C=O) groups is 3. The number of hydrogen-bond acceptors (Lipinski definition) is 7. The Morgan fingerprint density at radius 1 is 0.976 bits per heavy atom. The maximum Gasteiger partial charge on any atom is 0.340 e. The van der Waals surface area contributed by atoms with Crippen molar-refractivity contribution in [1.29, 1.82) is 0 Å². The third kappa shape index (κ3) is 5.13. The molecule has 2 fully saturated rings. The van der Waals surface area contributed by atoms with Crippen LogP contribution in [0.4, 0.5) is 17.1 Å². The molecule has 3 aliphatic rings. The van der Waals surface area contributed by atoms with Crippen LogP contribution >= 0.6 is 11.6 Å². The minimum absolute atomic E-state index is 0.0233. The van der Waals surface area contributed by atoms with Gasteiger partial charge in [-0.25, -0.2) is 4.79 Å². The molecular formula is C33H33ClN2O5. The fraction of sp³-hybridized carbons (Fsp3) is 0.364. The molecule has 0 radical (unpaired) electrons. The van der Waals surface area contributed by atoms with E-state index in [0.717, 1.165) is 38.5 Å². The molecule has 41 heavy (non-hydrogen) atoms. The van der Waals surface area contributed by atoms with Crippen LogP contribution in [0.1, 0.15) is 87.6 Å². The average molecular weight is 573 g/mol. The highest BCUT2D eigenvalue weighted by molar-refractivity contribution is 6.33. The Morgan fingerprint density at radius 2 is 1.68 bits per heavy atom. The fourth-order valence-electron chi connectivity index (χ4n) is 6.88. The summed E-state index contributed by atoms with van der Waals surface area (Å²) in [6.45, 7) is 2.75. The van der Waals surface area contributed by atoms with Crippen molar-refractivity contribution >= 4 is 46.2 Å². The fourth-order valence-corrected chi connectivity index (χ4v) is 7.00. The number of ketones is 2. The standard InChI is InChI=1S/C33H33ClN2O5/c1-2-40-27-9-5-6-18-16-21(14-15-22(18)27)41-33(39)25-17-26(36-20-12-10-19(34)11-13-20)28-29(30(25)35)32(38)24-8-4-3-7-23(24)31(28)37/h3-4,7-8,10-13,17-18,21-22,27,36H,2,5-6,9,14-16,35H2,1H3. The van der Waals surface area contributed by atoms with Gasteiger partial charge in [-0.15, -0.1) is 0 Å². The van der Waals surface area contributed by atoms with Crippen molar-refractivity contribution in [2.24, 2.45) is 11.8 Å². The minimum Gasteiger partial charge on any atom is -0.459 e. The predicted molar refractivity (Wildman–Crippen MR) is 158 cm³/mol. The first-order chi connectivity index (χ1) is 19.9. The van der Waals surface area contributed by atoms with Crippen LogP contribution < -0.4 is 11.1 Å². The van der Waals surface area contributed by atoms with Crippen molar-refractivity contribution in [3.05, 3.63) is 87.4 Å². The molecule has 0 spiro atoms. The molecule has 3 aliphatic carbocycles. The van der Waals surface area contributed by atoms with Crippen LogP contribution in [-0.4, -0.2) is 36.4 Å². The van der Waals surface area contributed by atoms with E-state index < -0.39 is 11.8 Å². The molecular weight excluding hydrogens is 540 g/mol. The van der Waals surface area contributed by atoms with Crippen molar-refractivity contribution in [3.8, 4) is 0 Å². The zero-order valence-electron chi connectivity index (χ0n) is 23.0. The molecule has 0 saturated heterocycles. The van der Waals surface area contributed by atoms with Crippen molar-refractivity contribution in [2.75, 3.05) is 17.7 Å². The number of halogens is 1. The number of carbonyl (C=O) groups excluding carboxylic acids is 3. The number of esters is 1. The van der Waals surface area contributed by atoms with Gasteiger partial charge in [-0.2, -0.15) is 0 Å². The van der Waals surface area contributed by atoms with Gasteiger partial charge in [0.2, 0.25) is 0 Å². The summed E-state index contributed by atoms with van der Waals surface area (Å²) in [7, 11) is 0.